The lowest BCUT2D eigenvalue weighted by Gasteiger charge is -2.46. The molecule has 98 valence electrons. The van der Waals surface area contributed by atoms with Gasteiger partial charge in [-0.2, -0.15) is 18.3 Å². The molecular formula is C11H12F3N3O. The molecule has 1 saturated carbocycles. The largest absolute Gasteiger partial charge is 0.423 e. The van der Waals surface area contributed by atoms with Crippen molar-refractivity contribution in [2.24, 2.45) is 5.92 Å². The Hall–Kier alpha value is -1.53. The minimum Gasteiger partial charge on any atom is -0.366 e. The van der Waals surface area contributed by atoms with Gasteiger partial charge in [-0.1, -0.05) is 6.42 Å². The molecule has 0 radical (unpaired) electrons. The number of hydrogen-bond acceptors (Lipinski definition) is 3. The Morgan fingerprint density at radius 1 is 1.39 bits per heavy atom. The number of nitrogens with zero attached hydrogens (tertiary/aromatic N) is 2. The van der Waals surface area contributed by atoms with Crippen molar-refractivity contribution in [1.29, 1.82) is 0 Å². The number of hydrogen-bond donors (Lipinski definition) is 1. The molecule has 2 fully saturated rings. The molecule has 1 saturated heterocycles. The van der Waals surface area contributed by atoms with Gasteiger partial charge in [-0.25, -0.2) is 5.10 Å². The normalized spacial score (nSPS) is 26.9. The summed E-state index contributed by atoms with van der Waals surface area (Å²) in [6.07, 6.45) is -0.522. The van der Waals surface area contributed by atoms with Gasteiger partial charge in [0.1, 0.15) is 5.56 Å². The topological polar surface area (TPSA) is 49.0 Å². The maximum absolute atomic E-state index is 12.9. The summed E-state index contributed by atoms with van der Waals surface area (Å²) in [4.78, 5) is 13.0. The van der Waals surface area contributed by atoms with Gasteiger partial charge < -0.3 is 4.90 Å². The third kappa shape index (κ3) is 1.60. The van der Waals surface area contributed by atoms with E-state index in [2.05, 4.69) is 5.10 Å². The van der Waals surface area contributed by atoms with E-state index in [1.165, 1.54) is 0 Å². The average Bonchev–Trinajstić information content (AvgIpc) is 2.58. The van der Waals surface area contributed by atoms with Gasteiger partial charge in [0.05, 0.1) is 11.9 Å². The van der Waals surface area contributed by atoms with Crippen LogP contribution in [0.3, 0.4) is 0 Å². The second-order valence-electron chi connectivity index (χ2n) is 4.87. The molecule has 2 aliphatic rings. The van der Waals surface area contributed by atoms with Crippen LogP contribution < -0.4 is 10.5 Å². The van der Waals surface area contributed by atoms with E-state index >= 15 is 0 Å². The predicted octanol–water partition coefficient (Wildman–Crippen LogP) is 1.78. The minimum atomic E-state index is -4.64. The van der Waals surface area contributed by atoms with Gasteiger partial charge in [0, 0.05) is 12.6 Å². The van der Waals surface area contributed by atoms with Crippen LogP contribution in [0.15, 0.2) is 11.0 Å². The van der Waals surface area contributed by atoms with Crippen LogP contribution >= 0.6 is 0 Å². The number of halogens is 3. The fraction of sp³-hybridized carbons (Fsp3) is 0.636. The highest BCUT2D eigenvalue weighted by Crippen LogP contribution is 2.44. The summed E-state index contributed by atoms with van der Waals surface area (Å²) in [6, 6.07) is 0.148. The number of aromatic nitrogens is 2. The number of aromatic amines is 1. The third-order valence-electron chi connectivity index (χ3n) is 3.88. The van der Waals surface area contributed by atoms with Crippen LogP contribution in [0.4, 0.5) is 18.9 Å². The first kappa shape index (κ1) is 11.6. The molecule has 18 heavy (non-hydrogen) atoms. The molecule has 2 heterocycles. The second-order valence-corrected chi connectivity index (χ2v) is 4.87. The van der Waals surface area contributed by atoms with E-state index in [0.29, 0.717) is 12.5 Å². The Morgan fingerprint density at radius 3 is 2.83 bits per heavy atom. The van der Waals surface area contributed by atoms with Crippen molar-refractivity contribution in [2.75, 3.05) is 11.4 Å². The van der Waals surface area contributed by atoms with Crippen LogP contribution in [0, 0.1) is 5.92 Å². The quantitative estimate of drug-likeness (QED) is 0.836. The minimum absolute atomic E-state index is 0.0746. The van der Waals surface area contributed by atoms with Gasteiger partial charge in [-0.15, -0.1) is 0 Å². The van der Waals surface area contributed by atoms with Crippen LogP contribution in [0.25, 0.3) is 0 Å². The highest BCUT2D eigenvalue weighted by Gasteiger charge is 2.46. The van der Waals surface area contributed by atoms with Gasteiger partial charge in [0.2, 0.25) is 0 Å². The molecule has 4 nitrogen and oxygen atoms in total. The Labute approximate surface area is 101 Å². The lowest BCUT2D eigenvalue weighted by molar-refractivity contribution is -0.138. The standard InChI is InChI=1S/C11H12F3N3O/c12-11(13,14)9-8(4-15-16-10(9)18)17-5-6-2-1-3-7(6)17/h4,6-7H,1-3,5H2,(H,16,18)/t6-,7-/m1/s1. The van der Waals surface area contributed by atoms with Crippen LogP contribution in [0.1, 0.15) is 24.8 Å². The first-order chi connectivity index (χ1) is 8.48. The Morgan fingerprint density at radius 2 is 2.17 bits per heavy atom. The lowest BCUT2D eigenvalue weighted by Crippen LogP contribution is -2.54. The summed E-state index contributed by atoms with van der Waals surface area (Å²) in [6.45, 7) is 0.596. The zero-order valence-electron chi connectivity index (χ0n) is 9.50. The van der Waals surface area contributed by atoms with Gasteiger partial charge in [-0.3, -0.25) is 4.79 Å². The number of alkyl halides is 3. The molecule has 0 spiro atoms. The number of nitrogens with one attached hydrogen (secondary N) is 1. The predicted molar refractivity (Wildman–Crippen MR) is 58.3 cm³/mol. The monoisotopic (exact) mass is 259 g/mol. The highest BCUT2D eigenvalue weighted by atomic mass is 19.4. The van der Waals surface area contributed by atoms with Crippen molar-refractivity contribution in [3.8, 4) is 0 Å². The van der Waals surface area contributed by atoms with Crippen LogP contribution in [0.2, 0.25) is 0 Å². The zero-order valence-corrected chi connectivity index (χ0v) is 9.50. The van der Waals surface area contributed by atoms with Crippen molar-refractivity contribution in [3.63, 3.8) is 0 Å². The lowest BCUT2D eigenvalue weighted by atomic mass is 9.91. The van der Waals surface area contributed by atoms with E-state index in [-0.39, 0.29) is 11.7 Å². The maximum atomic E-state index is 12.9. The molecule has 1 aliphatic carbocycles. The van der Waals surface area contributed by atoms with E-state index in [4.69, 9.17) is 0 Å². The van der Waals surface area contributed by atoms with E-state index in [1.54, 1.807) is 4.90 Å². The summed E-state index contributed by atoms with van der Waals surface area (Å²) in [5.41, 5.74) is -2.36. The average molecular weight is 259 g/mol. The Bertz CT molecular complexity index is 525. The number of anilines is 1. The molecule has 1 N–H and O–H groups in total. The number of fused-ring (bicyclic) bond motifs is 1. The summed E-state index contributed by atoms with van der Waals surface area (Å²) >= 11 is 0. The summed E-state index contributed by atoms with van der Waals surface area (Å²) in [5.74, 6) is 0.477. The van der Waals surface area contributed by atoms with E-state index in [9.17, 15) is 18.0 Å². The Kier molecular flexibility index (Phi) is 2.39. The molecule has 0 unspecified atom stereocenters. The molecule has 1 aromatic rings. The van der Waals surface area contributed by atoms with Crippen molar-refractivity contribution in [3.05, 3.63) is 22.1 Å². The van der Waals surface area contributed by atoms with Crippen molar-refractivity contribution in [1.82, 2.24) is 10.2 Å². The van der Waals surface area contributed by atoms with Crippen LogP contribution in [-0.2, 0) is 6.18 Å². The van der Waals surface area contributed by atoms with Crippen molar-refractivity contribution >= 4 is 5.69 Å². The summed E-state index contributed by atoms with van der Waals surface area (Å²) in [7, 11) is 0. The van der Waals surface area contributed by atoms with Crippen molar-refractivity contribution < 1.29 is 13.2 Å². The number of rotatable bonds is 1. The molecule has 2 atom stereocenters. The molecular weight excluding hydrogens is 247 g/mol. The third-order valence-corrected chi connectivity index (χ3v) is 3.88. The van der Waals surface area contributed by atoms with Crippen LogP contribution in [0.5, 0.6) is 0 Å². The second kappa shape index (κ2) is 3.73. The van der Waals surface area contributed by atoms with Gasteiger partial charge >= 0.3 is 6.18 Å². The fourth-order valence-electron chi connectivity index (χ4n) is 3.05. The smallest absolute Gasteiger partial charge is 0.366 e. The highest BCUT2D eigenvalue weighted by molar-refractivity contribution is 5.55. The van der Waals surface area contributed by atoms with Gasteiger partial charge in [0.25, 0.3) is 5.56 Å². The maximum Gasteiger partial charge on any atom is 0.423 e. The summed E-state index contributed by atoms with van der Waals surface area (Å²) in [5, 5.41) is 5.35. The van der Waals surface area contributed by atoms with E-state index in [1.807, 2.05) is 5.10 Å². The molecule has 0 amide bonds. The summed E-state index contributed by atoms with van der Waals surface area (Å²) < 4.78 is 38.7. The molecule has 0 aromatic carbocycles. The molecule has 0 bridgehead atoms. The van der Waals surface area contributed by atoms with Crippen LogP contribution in [-0.4, -0.2) is 22.8 Å². The molecule has 1 aromatic heterocycles. The van der Waals surface area contributed by atoms with E-state index in [0.717, 1.165) is 25.5 Å². The zero-order chi connectivity index (χ0) is 12.9. The SMILES string of the molecule is O=c1[nH]ncc(N2C[C@H]3CCC[C@H]32)c1C(F)(F)F. The van der Waals surface area contributed by atoms with Gasteiger partial charge in [0.15, 0.2) is 0 Å². The fourth-order valence-corrected chi connectivity index (χ4v) is 3.05. The molecule has 7 heteroatoms. The number of H-pyrrole nitrogens is 1. The van der Waals surface area contributed by atoms with Crippen molar-refractivity contribution in [2.45, 2.75) is 31.5 Å². The molecule has 3 rings (SSSR count). The van der Waals surface area contributed by atoms with E-state index < -0.39 is 17.3 Å². The first-order valence-corrected chi connectivity index (χ1v) is 5.90. The first-order valence-electron chi connectivity index (χ1n) is 5.90. The molecule has 1 aliphatic heterocycles. The van der Waals surface area contributed by atoms with Gasteiger partial charge in [-0.05, 0) is 18.8 Å². The Balaban J connectivity index is 2.02.